The molecule has 1 aliphatic heterocycles. The number of benzene rings is 2. The fourth-order valence-electron chi connectivity index (χ4n) is 2.59. The smallest absolute Gasteiger partial charge is 0.344 e. The summed E-state index contributed by atoms with van der Waals surface area (Å²) in [6.45, 7) is 0. The number of esters is 1. The lowest BCUT2D eigenvalue weighted by Gasteiger charge is -2.15. The molecule has 0 fully saturated rings. The predicted molar refractivity (Wildman–Crippen MR) is 86.3 cm³/mol. The normalized spacial score (nSPS) is 15.4. The molecule has 0 saturated carbocycles. The largest absolute Gasteiger partial charge is 0.493 e. The maximum absolute atomic E-state index is 12.2. The summed E-state index contributed by atoms with van der Waals surface area (Å²) in [6.07, 6.45) is -0.660. The van der Waals surface area contributed by atoms with Crippen LogP contribution < -0.4 is 20.5 Å². The van der Waals surface area contributed by atoms with Crippen LogP contribution in [0, 0.1) is 0 Å². The van der Waals surface area contributed by atoms with E-state index in [9.17, 15) is 9.59 Å². The van der Waals surface area contributed by atoms with E-state index in [4.69, 9.17) is 19.9 Å². The van der Waals surface area contributed by atoms with Gasteiger partial charge in [-0.25, -0.2) is 4.79 Å². The van der Waals surface area contributed by atoms with Gasteiger partial charge in [0.1, 0.15) is 5.56 Å². The molecule has 0 spiro atoms. The highest BCUT2D eigenvalue weighted by Crippen LogP contribution is 2.41. The van der Waals surface area contributed by atoms with Crippen molar-refractivity contribution in [3.05, 3.63) is 53.1 Å². The van der Waals surface area contributed by atoms with Crippen molar-refractivity contribution in [3.8, 4) is 11.5 Å². The topological polar surface area (TPSA) is 99.9 Å². The Morgan fingerprint density at radius 3 is 2.42 bits per heavy atom. The van der Waals surface area contributed by atoms with Gasteiger partial charge in [0.15, 0.2) is 11.5 Å². The number of carbonyl (C=O) groups excluding carboxylic acids is 2. The van der Waals surface area contributed by atoms with Gasteiger partial charge in [-0.2, -0.15) is 0 Å². The number of ether oxygens (including phenoxy) is 3. The van der Waals surface area contributed by atoms with E-state index in [2.05, 4.69) is 5.32 Å². The van der Waals surface area contributed by atoms with Gasteiger partial charge in [-0.05, 0) is 36.4 Å². The van der Waals surface area contributed by atoms with Gasteiger partial charge >= 0.3 is 5.97 Å². The molecule has 0 aromatic heterocycles. The van der Waals surface area contributed by atoms with Crippen molar-refractivity contribution in [2.24, 2.45) is 5.73 Å². The number of fused-ring (bicyclic) bond motifs is 1. The Morgan fingerprint density at radius 2 is 1.83 bits per heavy atom. The number of nitrogens with two attached hydrogens (primary N) is 1. The van der Waals surface area contributed by atoms with Crippen LogP contribution in [0.15, 0.2) is 36.4 Å². The van der Waals surface area contributed by atoms with Crippen molar-refractivity contribution in [1.82, 2.24) is 0 Å². The molecule has 0 aliphatic carbocycles. The Kier molecular flexibility index (Phi) is 3.99. The van der Waals surface area contributed by atoms with Crippen LogP contribution in [0.25, 0.3) is 0 Å². The maximum atomic E-state index is 12.2. The molecule has 7 heteroatoms. The number of nitrogens with one attached hydrogen (secondary N) is 1. The molecule has 3 rings (SSSR count). The number of cyclic esters (lactones) is 1. The molecule has 1 heterocycles. The van der Waals surface area contributed by atoms with Crippen molar-refractivity contribution >= 4 is 17.6 Å². The van der Waals surface area contributed by atoms with Crippen molar-refractivity contribution in [2.45, 2.75) is 6.23 Å². The lowest BCUT2D eigenvalue weighted by Crippen LogP contribution is -2.12. The zero-order valence-electron chi connectivity index (χ0n) is 13.2. The molecule has 1 amide bonds. The zero-order chi connectivity index (χ0) is 17.3. The zero-order valence-corrected chi connectivity index (χ0v) is 13.2. The van der Waals surface area contributed by atoms with Crippen LogP contribution in [0.5, 0.6) is 11.5 Å². The fourth-order valence-corrected chi connectivity index (χ4v) is 2.59. The molecule has 0 saturated heterocycles. The SMILES string of the molecule is COc1ccc2c(c1OC)C(=O)O[C@H]2Nc1ccc(C(N)=O)cc1. The lowest BCUT2D eigenvalue weighted by atomic mass is 10.1. The summed E-state index contributed by atoms with van der Waals surface area (Å²) in [7, 11) is 2.97. The number of hydrogen-bond donors (Lipinski definition) is 2. The third-order valence-electron chi connectivity index (χ3n) is 3.76. The van der Waals surface area contributed by atoms with Crippen LogP contribution in [-0.2, 0) is 4.74 Å². The summed E-state index contributed by atoms with van der Waals surface area (Å²) >= 11 is 0. The summed E-state index contributed by atoms with van der Waals surface area (Å²) < 4.78 is 15.9. The molecule has 1 atom stereocenters. The summed E-state index contributed by atoms with van der Waals surface area (Å²) in [4.78, 5) is 23.3. The highest BCUT2D eigenvalue weighted by Gasteiger charge is 2.35. The Morgan fingerprint density at radius 1 is 1.12 bits per heavy atom. The second kappa shape index (κ2) is 6.11. The Bertz CT molecular complexity index is 801. The van der Waals surface area contributed by atoms with Crippen LogP contribution in [0.3, 0.4) is 0 Å². The standard InChI is InChI=1S/C17H16N2O5/c1-22-12-8-7-11-13(14(12)23-2)17(21)24-16(11)19-10-5-3-9(4-6-10)15(18)20/h3-8,16,19H,1-2H3,(H2,18,20)/t16-/m1/s1. The Hall–Kier alpha value is -3.22. The van der Waals surface area contributed by atoms with Crippen molar-refractivity contribution in [1.29, 1.82) is 0 Å². The summed E-state index contributed by atoms with van der Waals surface area (Å²) in [5, 5.41) is 3.09. The number of amides is 1. The van der Waals surface area contributed by atoms with E-state index < -0.39 is 18.1 Å². The van der Waals surface area contributed by atoms with Crippen LogP contribution in [-0.4, -0.2) is 26.1 Å². The minimum absolute atomic E-state index is 0.336. The third-order valence-corrected chi connectivity index (χ3v) is 3.76. The molecular weight excluding hydrogens is 312 g/mol. The minimum atomic E-state index is -0.660. The van der Waals surface area contributed by atoms with E-state index in [1.165, 1.54) is 14.2 Å². The van der Waals surface area contributed by atoms with E-state index in [1.54, 1.807) is 36.4 Å². The van der Waals surface area contributed by atoms with E-state index in [0.717, 1.165) is 0 Å². The van der Waals surface area contributed by atoms with Gasteiger partial charge in [-0.15, -0.1) is 0 Å². The molecular formula is C17H16N2O5. The first-order chi connectivity index (χ1) is 11.5. The highest BCUT2D eigenvalue weighted by molar-refractivity contribution is 5.98. The van der Waals surface area contributed by atoms with Gasteiger partial charge in [0.25, 0.3) is 0 Å². The van der Waals surface area contributed by atoms with Crippen LogP contribution in [0.2, 0.25) is 0 Å². The van der Waals surface area contributed by atoms with Crippen LogP contribution in [0.4, 0.5) is 5.69 Å². The Labute approximate surface area is 138 Å². The number of rotatable bonds is 5. The third kappa shape index (κ3) is 2.60. The number of methoxy groups -OCH3 is 2. The quantitative estimate of drug-likeness (QED) is 0.815. The summed E-state index contributed by atoms with van der Waals surface area (Å²) in [5.41, 5.74) is 7.28. The van der Waals surface area contributed by atoms with Gasteiger partial charge in [-0.1, -0.05) is 0 Å². The monoisotopic (exact) mass is 328 g/mol. The van der Waals surface area contributed by atoms with Gasteiger partial charge < -0.3 is 25.3 Å². The second-order valence-corrected chi connectivity index (χ2v) is 5.14. The van der Waals surface area contributed by atoms with E-state index >= 15 is 0 Å². The first-order valence-corrected chi connectivity index (χ1v) is 7.17. The van der Waals surface area contributed by atoms with Crippen molar-refractivity contribution in [2.75, 3.05) is 19.5 Å². The maximum Gasteiger partial charge on any atom is 0.344 e. The van der Waals surface area contributed by atoms with Crippen molar-refractivity contribution in [3.63, 3.8) is 0 Å². The molecule has 124 valence electrons. The first kappa shape index (κ1) is 15.7. The average Bonchev–Trinajstić information content (AvgIpc) is 2.90. The second-order valence-electron chi connectivity index (χ2n) is 5.14. The molecule has 0 unspecified atom stereocenters. The van der Waals surface area contributed by atoms with E-state index in [-0.39, 0.29) is 0 Å². The lowest BCUT2D eigenvalue weighted by molar-refractivity contribution is 0.0435. The average molecular weight is 328 g/mol. The molecule has 2 aromatic carbocycles. The molecule has 0 radical (unpaired) electrons. The molecule has 0 bridgehead atoms. The predicted octanol–water partition coefficient (Wildman–Crippen LogP) is 2.08. The van der Waals surface area contributed by atoms with Gasteiger partial charge in [0, 0.05) is 16.8 Å². The summed E-state index contributed by atoms with van der Waals surface area (Å²) in [5.74, 6) is -0.198. The molecule has 24 heavy (non-hydrogen) atoms. The van der Waals surface area contributed by atoms with E-state index in [0.29, 0.717) is 33.9 Å². The highest BCUT2D eigenvalue weighted by atomic mass is 16.6. The molecule has 1 aliphatic rings. The van der Waals surface area contributed by atoms with Crippen LogP contribution in [0.1, 0.15) is 32.5 Å². The summed E-state index contributed by atoms with van der Waals surface area (Å²) in [6, 6.07) is 10.0. The molecule has 7 nitrogen and oxygen atoms in total. The number of carbonyl (C=O) groups is 2. The van der Waals surface area contributed by atoms with E-state index in [1.807, 2.05) is 0 Å². The van der Waals surface area contributed by atoms with Gasteiger partial charge in [-0.3, -0.25) is 4.79 Å². The molecule has 3 N–H and O–H groups in total. The van der Waals surface area contributed by atoms with Crippen LogP contribution >= 0.6 is 0 Å². The van der Waals surface area contributed by atoms with Gasteiger partial charge in [0.2, 0.25) is 12.1 Å². The first-order valence-electron chi connectivity index (χ1n) is 7.17. The fraction of sp³-hybridized carbons (Fsp3) is 0.176. The molecule has 2 aromatic rings. The van der Waals surface area contributed by atoms with Crippen molar-refractivity contribution < 1.29 is 23.8 Å². The number of anilines is 1. The number of hydrogen-bond acceptors (Lipinski definition) is 6. The minimum Gasteiger partial charge on any atom is -0.493 e. The number of primary amides is 1. The van der Waals surface area contributed by atoms with Gasteiger partial charge in [0.05, 0.1) is 14.2 Å². The Balaban J connectivity index is 1.91.